The molecule has 7 heteroatoms. The van der Waals surface area contributed by atoms with Crippen molar-refractivity contribution >= 4 is 34.1 Å². The van der Waals surface area contributed by atoms with Gasteiger partial charge >= 0.3 is 0 Å². The summed E-state index contributed by atoms with van der Waals surface area (Å²) >= 11 is 3.04. The van der Waals surface area contributed by atoms with E-state index in [4.69, 9.17) is 4.74 Å². The Hall–Kier alpha value is -1.60. The maximum Gasteiger partial charge on any atom is 0.226 e. The Morgan fingerprint density at radius 2 is 2.09 bits per heavy atom. The van der Waals surface area contributed by atoms with E-state index in [0.29, 0.717) is 24.1 Å². The molecule has 0 atom stereocenters. The molecule has 2 aromatic rings. The number of anilines is 1. The molecule has 0 aliphatic rings. The molecule has 0 fully saturated rings. The van der Waals surface area contributed by atoms with Gasteiger partial charge < -0.3 is 10.1 Å². The molecule has 1 aromatic heterocycles. The fourth-order valence-electron chi connectivity index (χ4n) is 1.78. The van der Waals surface area contributed by atoms with E-state index in [0.717, 1.165) is 22.3 Å². The van der Waals surface area contributed by atoms with Gasteiger partial charge in [0.1, 0.15) is 5.75 Å². The lowest BCUT2D eigenvalue weighted by atomic mass is 10.1. The Bertz CT molecular complexity index is 602. The predicted molar refractivity (Wildman–Crippen MR) is 95.3 cm³/mol. The van der Waals surface area contributed by atoms with Gasteiger partial charge in [-0.25, -0.2) is 0 Å². The quantitative estimate of drug-likeness (QED) is 0.419. The van der Waals surface area contributed by atoms with Crippen molar-refractivity contribution in [1.82, 2.24) is 10.2 Å². The molecule has 0 saturated carbocycles. The van der Waals surface area contributed by atoms with E-state index in [-0.39, 0.29) is 5.91 Å². The monoisotopic (exact) mass is 351 g/mol. The number of para-hydroxylation sites is 1. The number of carbonyl (C=O) groups is 1. The molecule has 0 spiro atoms. The van der Waals surface area contributed by atoms with E-state index in [1.807, 2.05) is 44.2 Å². The Kier molecular flexibility index (Phi) is 7.35. The van der Waals surface area contributed by atoms with E-state index in [2.05, 4.69) is 15.5 Å². The average molecular weight is 351 g/mol. The van der Waals surface area contributed by atoms with Crippen molar-refractivity contribution in [2.75, 3.05) is 17.7 Å². The largest absolute Gasteiger partial charge is 0.494 e. The normalized spacial score (nSPS) is 10.7. The van der Waals surface area contributed by atoms with E-state index in [1.165, 1.54) is 11.3 Å². The first-order valence-corrected chi connectivity index (χ1v) is 9.37. The third kappa shape index (κ3) is 7.00. The summed E-state index contributed by atoms with van der Waals surface area (Å²) in [7, 11) is 0. The fourth-order valence-corrected chi connectivity index (χ4v) is 3.54. The molecule has 0 saturated heterocycles. The lowest BCUT2D eigenvalue weighted by molar-refractivity contribution is -0.116. The van der Waals surface area contributed by atoms with Gasteiger partial charge in [-0.3, -0.25) is 4.79 Å². The van der Waals surface area contributed by atoms with Crippen molar-refractivity contribution in [2.45, 2.75) is 31.0 Å². The fraction of sp³-hybridized carbons (Fsp3) is 0.438. The van der Waals surface area contributed by atoms with Gasteiger partial charge in [0, 0.05) is 12.2 Å². The zero-order valence-corrected chi connectivity index (χ0v) is 15.0. The minimum Gasteiger partial charge on any atom is -0.494 e. The van der Waals surface area contributed by atoms with Gasteiger partial charge in [-0.2, -0.15) is 0 Å². The summed E-state index contributed by atoms with van der Waals surface area (Å²) in [5.41, 5.74) is 0. The number of hydrogen-bond acceptors (Lipinski definition) is 6. The first kappa shape index (κ1) is 17.7. The first-order valence-electron chi connectivity index (χ1n) is 7.57. The number of benzene rings is 1. The van der Waals surface area contributed by atoms with Crippen molar-refractivity contribution in [3.63, 3.8) is 0 Å². The van der Waals surface area contributed by atoms with Crippen LogP contribution < -0.4 is 10.1 Å². The molecule has 1 N–H and O–H groups in total. The number of aromatic nitrogens is 2. The molecular weight excluding hydrogens is 330 g/mol. The van der Waals surface area contributed by atoms with Gasteiger partial charge in [-0.05, 0) is 24.5 Å². The molecule has 1 aromatic carbocycles. The van der Waals surface area contributed by atoms with Crippen LogP contribution in [0.1, 0.15) is 26.7 Å². The van der Waals surface area contributed by atoms with Gasteiger partial charge in [0.15, 0.2) is 4.34 Å². The number of hydrogen-bond donors (Lipinski definition) is 1. The molecule has 0 radical (unpaired) electrons. The lowest BCUT2D eigenvalue weighted by Crippen LogP contribution is -2.13. The molecule has 0 aliphatic carbocycles. The third-order valence-electron chi connectivity index (χ3n) is 2.77. The van der Waals surface area contributed by atoms with E-state index in [1.54, 1.807) is 11.8 Å². The Morgan fingerprint density at radius 3 is 2.83 bits per heavy atom. The highest BCUT2D eigenvalue weighted by molar-refractivity contribution is 8.01. The van der Waals surface area contributed by atoms with Crippen LogP contribution in [-0.2, 0) is 4.79 Å². The van der Waals surface area contributed by atoms with Crippen LogP contribution in [0.5, 0.6) is 5.75 Å². The molecular formula is C16H21N3O2S2. The van der Waals surface area contributed by atoms with Crippen molar-refractivity contribution in [3.05, 3.63) is 30.3 Å². The standard InChI is InChI=1S/C16H21N3O2S2/c1-12(2)11-14(20)17-15-18-19-16(23-15)22-10-6-9-21-13-7-4-3-5-8-13/h3-5,7-8,12H,6,9-11H2,1-2H3,(H,17,18,20). The predicted octanol–water partition coefficient (Wildman–Crippen LogP) is 4.08. The van der Waals surface area contributed by atoms with E-state index >= 15 is 0 Å². The van der Waals surface area contributed by atoms with Crippen LogP contribution in [0.25, 0.3) is 0 Å². The molecule has 2 rings (SSSR count). The van der Waals surface area contributed by atoms with Crippen LogP contribution in [-0.4, -0.2) is 28.5 Å². The first-order chi connectivity index (χ1) is 11.1. The topological polar surface area (TPSA) is 64.1 Å². The highest BCUT2D eigenvalue weighted by Gasteiger charge is 2.09. The molecule has 5 nitrogen and oxygen atoms in total. The summed E-state index contributed by atoms with van der Waals surface area (Å²) in [5.74, 6) is 2.12. The number of rotatable bonds is 9. The van der Waals surface area contributed by atoms with Crippen LogP contribution in [0, 0.1) is 5.92 Å². The highest BCUT2D eigenvalue weighted by Crippen LogP contribution is 2.26. The molecule has 1 heterocycles. The van der Waals surface area contributed by atoms with Crippen LogP contribution in [0.2, 0.25) is 0 Å². The van der Waals surface area contributed by atoms with Crippen molar-refractivity contribution in [2.24, 2.45) is 5.92 Å². The van der Waals surface area contributed by atoms with Crippen molar-refractivity contribution < 1.29 is 9.53 Å². The lowest BCUT2D eigenvalue weighted by Gasteiger charge is -2.04. The van der Waals surface area contributed by atoms with Crippen molar-refractivity contribution in [3.8, 4) is 5.75 Å². The minimum atomic E-state index is -0.0102. The number of amides is 1. The molecule has 124 valence electrons. The Balaban J connectivity index is 1.64. The van der Waals surface area contributed by atoms with Crippen LogP contribution in [0.3, 0.4) is 0 Å². The van der Waals surface area contributed by atoms with Gasteiger partial charge in [-0.1, -0.05) is 55.1 Å². The summed E-state index contributed by atoms with van der Waals surface area (Å²) in [6, 6.07) is 9.78. The number of nitrogens with one attached hydrogen (secondary N) is 1. The zero-order valence-electron chi connectivity index (χ0n) is 13.3. The molecule has 1 amide bonds. The van der Waals surface area contributed by atoms with E-state index in [9.17, 15) is 4.79 Å². The summed E-state index contributed by atoms with van der Waals surface area (Å²) in [6.07, 6.45) is 1.42. The Labute approximate surface area is 144 Å². The second kappa shape index (κ2) is 9.52. The summed E-state index contributed by atoms with van der Waals surface area (Å²) in [4.78, 5) is 11.7. The van der Waals surface area contributed by atoms with Crippen molar-refractivity contribution in [1.29, 1.82) is 0 Å². The second-order valence-corrected chi connectivity index (χ2v) is 7.70. The highest BCUT2D eigenvalue weighted by atomic mass is 32.2. The van der Waals surface area contributed by atoms with Gasteiger partial charge in [0.05, 0.1) is 6.61 Å². The summed E-state index contributed by atoms with van der Waals surface area (Å²) < 4.78 is 6.50. The third-order valence-corrected chi connectivity index (χ3v) is 4.83. The zero-order chi connectivity index (χ0) is 16.5. The Morgan fingerprint density at radius 1 is 1.30 bits per heavy atom. The summed E-state index contributed by atoms with van der Waals surface area (Å²) in [5, 5.41) is 11.4. The van der Waals surface area contributed by atoms with Gasteiger partial charge in [-0.15, -0.1) is 10.2 Å². The van der Waals surface area contributed by atoms with Crippen LogP contribution in [0.4, 0.5) is 5.13 Å². The average Bonchev–Trinajstić information content (AvgIpc) is 2.94. The number of carbonyl (C=O) groups excluding carboxylic acids is 1. The number of ether oxygens (including phenoxy) is 1. The minimum absolute atomic E-state index is 0.0102. The second-order valence-electron chi connectivity index (χ2n) is 5.38. The molecule has 0 unspecified atom stereocenters. The molecule has 0 bridgehead atoms. The SMILES string of the molecule is CC(C)CC(=O)Nc1nnc(SCCCOc2ccccc2)s1. The van der Waals surface area contributed by atoms with Crippen LogP contribution >= 0.6 is 23.1 Å². The number of nitrogens with zero attached hydrogens (tertiary/aromatic N) is 2. The maximum atomic E-state index is 11.7. The summed E-state index contributed by atoms with van der Waals surface area (Å²) in [6.45, 7) is 4.70. The maximum absolute atomic E-state index is 11.7. The molecule has 0 aliphatic heterocycles. The van der Waals surface area contributed by atoms with Gasteiger partial charge in [0.2, 0.25) is 11.0 Å². The van der Waals surface area contributed by atoms with Crippen LogP contribution in [0.15, 0.2) is 34.7 Å². The smallest absolute Gasteiger partial charge is 0.226 e. The van der Waals surface area contributed by atoms with E-state index < -0.39 is 0 Å². The number of thioether (sulfide) groups is 1. The molecule has 23 heavy (non-hydrogen) atoms. The van der Waals surface area contributed by atoms with Gasteiger partial charge in [0.25, 0.3) is 0 Å².